The van der Waals surface area contributed by atoms with Crippen molar-refractivity contribution < 1.29 is 8.42 Å². The minimum Gasteiger partial charge on any atom is -0.263 e. The Morgan fingerprint density at radius 1 is 1.38 bits per heavy atom. The van der Waals surface area contributed by atoms with Crippen LogP contribution in [0.4, 0.5) is 0 Å². The minimum absolute atomic E-state index is 0.304. The third-order valence-electron chi connectivity index (χ3n) is 1.74. The molecule has 0 N–H and O–H groups in total. The summed E-state index contributed by atoms with van der Waals surface area (Å²) in [4.78, 5) is 4.19. The van der Waals surface area contributed by atoms with Gasteiger partial charge in [0.25, 0.3) is 0 Å². The summed E-state index contributed by atoms with van der Waals surface area (Å²) in [5, 5.41) is 0. The average Bonchev–Trinajstić information content (AvgIpc) is 2.04. The van der Waals surface area contributed by atoms with E-state index >= 15 is 0 Å². The van der Waals surface area contributed by atoms with Crippen LogP contribution in [-0.2, 0) is 16.3 Å². The van der Waals surface area contributed by atoms with Crippen LogP contribution in [0.3, 0.4) is 0 Å². The fraction of sp³-hybridized carbons (Fsp3) is 0.444. The molecule has 0 saturated carbocycles. The number of aromatic nitrogens is 1. The van der Waals surface area contributed by atoms with Crippen molar-refractivity contribution in [2.45, 2.75) is 24.7 Å². The van der Waals surface area contributed by atoms with Crippen molar-refractivity contribution in [3.8, 4) is 0 Å². The summed E-state index contributed by atoms with van der Waals surface area (Å²) in [5.41, 5.74) is 0.977. The highest BCUT2D eigenvalue weighted by molar-refractivity contribution is 7.90. The van der Waals surface area contributed by atoms with E-state index in [-0.39, 0.29) is 0 Å². The van der Waals surface area contributed by atoms with E-state index in [0.717, 1.165) is 18.4 Å². The van der Waals surface area contributed by atoms with Crippen molar-refractivity contribution in [1.29, 1.82) is 0 Å². The van der Waals surface area contributed by atoms with Crippen molar-refractivity contribution in [3.05, 3.63) is 24.0 Å². The van der Waals surface area contributed by atoms with Gasteiger partial charge in [0.2, 0.25) is 0 Å². The van der Waals surface area contributed by atoms with E-state index in [2.05, 4.69) is 4.98 Å². The van der Waals surface area contributed by atoms with E-state index in [1.165, 1.54) is 12.5 Å². The quantitative estimate of drug-likeness (QED) is 0.740. The Kier molecular flexibility index (Phi) is 3.03. The van der Waals surface area contributed by atoms with Gasteiger partial charge in [0.05, 0.1) is 4.90 Å². The number of hydrogen-bond acceptors (Lipinski definition) is 3. The van der Waals surface area contributed by atoms with Crippen LogP contribution in [-0.4, -0.2) is 19.7 Å². The molecule has 1 rings (SSSR count). The third-order valence-corrected chi connectivity index (χ3v) is 2.82. The summed E-state index contributed by atoms with van der Waals surface area (Å²) in [6.07, 6.45) is 6.15. The molecule has 3 nitrogen and oxygen atoms in total. The Labute approximate surface area is 78.7 Å². The Balaban J connectivity index is 3.06. The maximum Gasteiger partial charge on any atom is 0.177 e. The summed E-state index contributed by atoms with van der Waals surface area (Å²) >= 11 is 0. The van der Waals surface area contributed by atoms with Gasteiger partial charge < -0.3 is 0 Å². The van der Waals surface area contributed by atoms with Crippen LogP contribution in [0.25, 0.3) is 0 Å². The molecule has 0 spiro atoms. The normalized spacial score (nSPS) is 11.5. The van der Waals surface area contributed by atoms with E-state index in [4.69, 9.17) is 0 Å². The lowest BCUT2D eigenvalue weighted by molar-refractivity contribution is 0.601. The van der Waals surface area contributed by atoms with Gasteiger partial charge in [-0.15, -0.1) is 0 Å². The molecule has 0 fully saturated rings. The van der Waals surface area contributed by atoms with Gasteiger partial charge in [-0.05, 0) is 18.1 Å². The summed E-state index contributed by atoms with van der Waals surface area (Å²) in [7, 11) is -3.11. The standard InChI is InChI=1S/C9H13NO2S/c1-3-4-8-5-9(7-10-6-8)13(2,11)12/h5-7H,3-4H2,1-2H3. The molecule has 0 atom stereocenters. The highest BCUT2D eigenvalue weighted by atomic mass is 32.2. The van der Waals surface area contributed by atoms with Crippen LogP contribution in [0.1, 0.15) is 18.9 Å². The molecule has 0 radical (unpaired) electrons. The zero-order chi connectivity index (χ0) is 9.90. The molecule has 1 aromatic rings. The second-order valence-corrected chi connectivity index (χ2v) is 5.07. The first-order chi connectivity index (χ1) is 6.04. The van der Waals surface area contributed by atoms with Gasteiger partial charge in [-0.3, -0.25) is 4.98 Å². The fourth-order valence-electron chi connectivity index (χ4n) is 1.09. The van der Waals surface area contributed by atoms with Crippen LogP contribution in [0.5, 0.6) is 0 Å². The maximum atomic E-state index is 11.1. The first-order valence-corrected chi connectivity index (χ1v) is 6.07. The van der Waals surface area contributed by atoms with Gasteiger partial charge in [0, 0.05) is 18.6 Å². The molecule has 0 bridgehead atoms. The number of hydrogen-bond donors (Lipinski definition) is 0. The van der Waals surface area contributed by atoms with E-state index in [9.17, 15) is 8.42 Å². The highest BCUT2D eigenvalue weighted by Gasteiger charge is 2.07. The number of sulfone groups is 1. The van der Waals surface area contributed by atoms with Gasteiger partial charge >= 0.3 is 0 Å². The second-order valence-electron chi connectivity index (χ2n) is 3.05. The Morgan fingerprint density at radius 3 is 2.62 bits per heavy atom. The van der Waals surface area contributed by atoms with Gasteiger partial charge in [-0.2, -0.15) is 0 Å². The molecule has 1 heterocycles. The number of nitrogens with zero attached hydrogens (tertiary/aromatic N) is 1. The smallest absolute Gasteiger partial charge is 0.177 e. The summed E-state index contributed by atoms with van der Waals surface area (Å²) in [6.45, 7) is 2.05. The van der Waals surface area contributed by atoms with E-state index in [0.29, 0.717) is 4.90 Å². The molecule has 4 heteroatoms. The Bertz CT molecular complexity index is 384. The lowest BCUT2D eigenvalue weighted by atomic mass is 10.2. The molecule has 13 heavy (non-hydrogen) atoms. The largest absolute Gasteiger partial charge is 0.263 e. The summed E-state index contributed by atoms with van der Waals surface area (Å²) in [5.74, 6) is 0. The SMILES string of the molecule is CCCc1cncc(S(C)(=O)=O)c1. The predicted octanol–water partition coefficient (Wildman–Crippen LogP) is 1.44. The minimum atomic E-state index is -3.11. The molecular formula is C9H13NO2S. The van der Waals surface area contributed by atoms with Gasteiger partial charge in [-0.1, -0.05) is 13.3 Å². The number of pyridine rings is 1. The van der Waals surface area contributed by atoms with Crippen molar-refractivity contribution >= 4 is 9.84 Å². The van der Waals surface area contributed by atoms with Crippen LogP contribution in [0, 0.1) is 0 Å². The fourth-order valence-corrected chi connectivity index (χ4v) is 1.71. The predicted molar refractivity (Wildman–Crippen MR) is 51.3 cm³/mol. The molecule has 0 aliphatic heterocycles. The summed E-state index contributed by atoms with van der Waals surface area (Å²) in [6, 6.07) is 1.69. The molecule has 72 valence electrons. The van der Waals surface area contributed by atoms with Crippen molar-refractivity contribution in [2.75, 3.05) is 6.26 Å². The third kappa shape index (κ3) is 2.81. The van der Waals surface area contributed by atoms with Gasteiger partial charge in [0.1, 0.15) is 0 Å². The Morgan fingerprint density at radius 2 is 2.08 bits per heavy atom. The first kappa shape index (κ1) is 10.2. The monoisotopic (exact) mass is 199 g/mol. The van der Waals surface area contributed by atoms with Crippen molar-refractivity contribution in [2.24, 2.45) is 0 Å². The second kappa shape index (κ2) is 3.87. The van der Waals surface area contributed by atoms with Crippen LogP contribution in [0.2, 0.25) is 0 Å². The van der Waals surface area contributed by atoms with Gasteiger partial charge in [-0.25, -0.2) is 8.42 Å². The molecule has 0 unspecified atom stereocenters. The molecule has 0 amide bonds. The zero-order valence-corrected chi connectivity index (χ0v) is 8.63. The van der Waals surface area contributed by atoms with Crippen LogP contribution >= 0.6 is 0 Å². The topological polar surface area (TPSA) is 47.0 Å². The van der Waals surface area contributed by atoms with E-state index < -0.39 is 9.84 Å². The first-order valence-electron chi connectivity index (χ1n) is 4.18. The Hall–Kier alpha value is -0.900. The maximum absolute atomic E-state index is 11.1. The molecule has 0 aliphatic rings. The molecule has 0 saturated heterocycles. The van der Waals surface area contributed by atoms with Crippen molar-refractivity contribution in [1.82, 2.24) is 4.98 Å². The van der Waals surface area contributed by atoms with Crippen LogP contribution < -0.4 is 0 Å². The molecule has 1 aromatic heterocycles. The van der Waals surface area contributed by atoms with Crippen molar-refractivity contribution in [3.63, 3.8) is 0 Å². The van der Waals surface area contributed by atoms with Gasteiger partial charge in [0.15, 0.2) is 9.84 Å². The summed E-state index contributed by atoms with van der Waals surface area (Å²) < 4.78 is 22.3. The number of rotatable bonds is 3. The lowest BCUT2D eigenvalue weighted by Gasteiger charge is -2.00. The average molecular weight is 199 g/mol. The zero-order valence-electron chi connectivity index (χ0n) is 7.82. The van der Waals surface area contributed by atoms with E-state index in [1.54, 1.807) is 12.3 Å². The van der Waals surface area contributed by atoms with E-state index in [1.807, 2.05) is 6.92 Å². The van der Waals surface area contributed by atoms with Crippen LogP contribution in [0.15, 0.2) is 23.4 Å². The molecule has 0 aliphatic carbocycles. The lowest BCUT2D eigenvalue weighted by Crippen LogP contribution is -1.99. The molecular weight excluding hydrogens is 186 g/mol. The molecule has 0 aromatic carbocycles. The number of aryl methyl sites for hydroxylation is 1. The highest BCUT2D eigenvalue weighted by Crippen LogP contribution is 2.10.